The predicted octanol–water partition coefficient (Wildman–Crippen LogP) is 2.46. The largest absolute Gasteiger partial charge is 0.336 e. The van der Waals surface area contributed by atoms with E-state index in [-0.39, 0.29) is 5.69 Å². The average Bonchev–Trinajstić information content (AvgIpc) is 2.80. The van der Waals surface area contributed by atoms with Crippen molar-refractivity contribution in [2.75, 3.05) is 0 Å². The van der Waals surface area contributed by atoms with Gasteiger partial charge in [0.25, 0.3) is 7.98 Å². The molecule has 0 amide bonds. The van der Waals surface area contributed by atoms with E-state index < -0.39 is 0 Å². The summed E-state index contributed by atoms with van der Waals surface area (Å²) in [5.41, 5.74) is 2.21. The van der Waals surface area contributed by atoms with Gasteiger partial charge in [-0.3, -0.25) is 9.16 Å². The summed E-state index contributed by atoms with van der Waals surface area (Å²) in [5, 5.41) is 4.05. The molecule has 0 atom stereocenters. The predicted molar refractivity (Wildman–Crippen MR) is 87.4 cm³/mol. The third-order valence-corrected chi connectivity index (χ3v) is 3.82. The van der Waals surface area contributed by atoms with Crippen LogP contribution in [-0.2, 0) is 0 Å². The number of hydrogen-bond acceptors (Lipinski definition) is 2. The molecule has 110 valence electrons. The van der Waals surface area contributed by atoms with Crippen LogP contribution in [-0.4, -0.2) is 22.2 Å². The van der Waals surface area contributed by atoms with Gasteiger partial charge in [0, 0.05) is 5.70 Å². The molecule has 0 aliphatic rings. The Balaban J connectivity index is 3.31. The van der Waals surface area contributed by atoms with Gasteiger partial charge >= 0.3 is 5.69 Å². The van der Waals surface area contributed by atoms with Crippen molar-refractivity contribution in [1.29, 1.82) is 0 Å². The fourth-order valence-electron chi connectivity index (χ4n) is 2.19. The van der Waals surface area contributed by atoms with Gasteiger partial charge in [0.05, 0.1) is 0 Å². The highest BCUT2D eigenvalue weighted by Crippen LogP contribution is 2.18. The van der Waals surface area contributed by atoms with E-state index in [1.54, 1.807) is 18.9 Å². The Hall–Kier alpha value is -1.52. The highest BCUT2D eigenvalue weighted by molar-refractivity contribution is 6.05. The summed E-state index contributed by atoms with van der Waals surface area (Å²) in [5.74, 6) is 0.489. The number of nitrogens with zero attached hydrogens (tertiary/aromatic N) is 3. The van der Waals surface area contributed by atoms with Crippen LogP contribution in [0.4, 0.5) is 0 Å². The standard InChI is InChI=1S/C15H26BN3O/c1-5-12(6-2)9-14(10-13(7-3)8-4)18-11-17-19(16)15(18)20/h9-12H,5-8,16H2,1-4H3/b14-9+. The van der Waals surface area contributed by atoms with E-state index in [1.807, 2.05) is 0 Å². The first-order chi connectivity index (χ1) is 9.57. The number of rotatable bonds is 7. The van der Waals surface area contributed by atoms with Gasteiger partial charge in [-0.1, -0.05) is 39.3 Å². The molecule has 0 saturated heterocycles. The molecule has 0 aliphatic carbocycles. The van der Waals surface area contributed by atoms with Gasteiger partial charge < -0.3 is 0 Å². The maximum Gasteiger partial charge on any atom is 0.336 e. The van der Waals surface area contributed by atoms with Gasteiger partial charge in [0.15, 0.2) is 0 Å². The van der Waals surface area contributed by atoms with Crippen LogP contribution in [0.2, 0.25) is 0 Å². The summed E-state index contributed by atoms with van der Waals surface area (Å²) in [6, 6.07) is 0. The minimum Gasteiger partial charge on any atom is -0.271 e. The normalized spacial score (nSPS) is 11.9. The first-order valence-electron chi connectivity index (χ1n) is 7.59. The van der Waals surface area contributed by atoms with Crippen LogP contribution in [0.5, 0.6) is 0 Å². The number of hydrogen-bond donors (Lipinski definition) is 0. The van der Waals surface area contributed by atoms with Crippen LogP contribution in [0.1, 0.15) is 53.4 Å². The molecule has 0 saturated carbocycles. The Kier molecular flexibility index (Phi) is 6.55. The topological polar surface area (TPSA) is 39.8 Å². The molecule has 0 aliphatic heterocycles. The molecule has 0 N–H and O–H groups in total. The van der Waals surface area contributed by atoms with E-state index in [1.165, 1.54) is 10.2 Å². The molecule has 4 nitrogen and oxygen atoms in total. The molecule has 1 rings (SSSR count). The smallest absolute Gasteiger partial charge is 0.271 e. The van der Waals surface area contributed by atoms with Gasteiger partial charge in [0.1, 0.15) is 6.33 Å². The molecular weight excluding hydrogens is 249 g/mol. The first-order valence-corrected chi connectivity index (χ1v) is 7.59. The average molecular weight is 275 g/mol. The maximum atomic E-state index is 12.1. The number of aromatic nitrogens is 3. The summed E-state index contributed by atoms with van der Waals surface area (Å²) >= 11 is 0. The van der Waals surface area contributed by atoms with E-state index in [9.17, 15) is 4.79 Å². The third-order valence-electron chi connectivity index (χ3n) is 3.82. The monoisotopic (exact) mass is 275 g/mol. The summed E-state index contributed by atoms with van der Waals surface area (Å²) in [7, 11) is 1.68. The van der Waals surface area contributed by atoms with E-state index >= 15 is 0 Å². The molecule has 0 unspecified atom stereocenters. The minimum atomic E-state index is -0.0926. The Morgan fingerprint density at radius 3 is 2.30 bits per heavy atom. The Morgan fingerprint density at radius 1 is 1.30 bits per heavy atom. The van der Waals surface area contributed by atoms with Gasteiger partial charge in [-0.05, 0) is 37.7 Å². The molecule has 0 spiro atoms. The Bertz CT molecular complexity index is 530. The second-order valence-electron chi connectivity index (χ2n) is 5.08. The minimum absolute atomic E-state index is 0.0926. The first kappa shape index (κ1) is 16.5. The highest BCUT2D eigenvalue weighted by Gasteiger charge is 2.08. The van der Waals surface area contributed by atoms with Crippen molar-refractivity contribution in [3.8, 4) is 0 Å². The highest BCUT2D eigenvalue weighted by atomic mass is 16.2. The van der Waals surface area contributed by atoms with E-state index in [2.05, 4.69) is 44.9 Å². The van der Waals surface area contributed by atoms with Gasteiger partial charge in [-0.2, -0.15) is 5.10 Å². The van der Waals surface area contributed by atoms with Crippen molar-refractivity contribution in [2.45, 2.75) is 53.4 Å². The van der Waals surface area contributed by atoms with Crippen molar-refractivity contribution >= 4 is 13.7 Å². The molecule has 20 heavy (non-hydrogen) atoms. The van der Waals surface area contributed by atoms with E-state index in [4.69, 9.17) is 0 Å². The van der Waals surface area contributed by atoms with Crippen LogP contribution in [0.15, 0.2) is 28.8 Å². The molecule has 1 aromatic heterocycles. The molecule has 5 heteroatoms. The molecule has 1 aromatic rings. The van der Waals surface area contributed by atoms with Crippen molar-refractivity contribution in [3.63, 3.8) is 0 Å². The zero-order valence-electron chi connectivity index (χ0n) is 13.4. The van der Waals surface area contributed by atoms with Crippen molar-refractivity contribution < 1.29 is 0 Å². The summed E-state index contributed by atoms with van der Waals surface area (Å²) in [6.07, 6.45) is 10.1. The Labute approximate surface area is 122 Å². The number of allylic oxidation sites excluding steroid dienone is 4. The van der Waals surface area contributed by atoms with Crippen LogP contribution in [0.25, 0.3) is 5.70 Å². The van der Waals surface area contributed by atoms with E-state index in [0.29, 0.717) is 5.92 Å². The molecule has 0 fully saturated rings. The van der Waals surface area contributed by atoms with E-state index in [0.717, 1.165) is 31.4 Å². The van der Waals surface area contributed by atoms with Crippen molar-refractivity contribution in [1.82, 2.24) is 14.3 Å². The Morgan fingerprint density at radius 2 is 1.90 bits per heavy atom. The fraction of sp³-hybridized carbons (Fsp3) is 0.600. The van der Waals surface area contributed by atoms with Gasteiger partial charge in [-0.25, -0.2) is 4.79 Å². The van der Waals surface area contributed by atoms with Crippen LogP contribution in [0.3, 0.4) is 0 Å². The molecular formula is C15H26BN3O. The quantitative estimate of drug-likeness (QED) is 0.566. The molecule has 0 radical (unpaired) electrons. The zero-order valence-corrected chi connectivity index (χ0v) is 13.4. The van der Waals surface area contributed by atoms with Crippen LogP contribution < -0.4 is 5.69 Å². The lowest BCUT2D eigenvalue weighted by atomic mass is 10.0. The second-order valence-corrected chi connectivity index (χ2v) is 5.08. The lowest BCUT2D eigenvalue weighted by molar-refractivity contribution is 0.605. The third kappa shape index (κ3) is 3.99. The molecule has 0 aromatic carbocycles. The van der Waals surface area contributed by atoms with Crippen LogP contribution >= 0.6 is 0 Å². The van der Waals surface area contributed by atoms with Gasteiger partial charge in [0.2, 0.25) is 0 Å². The van der Waals surface area contributed by atoms with Crippen molar-refractivity contribution in [2.24, 2.45) is 5.92 Å². The fourth-order valence-corrected chi connectivity index (χ4v) is 2.19. The van der Waals surface area contributed by atoms with Gasteiger partial charge in [-0.15, -0.1) is 0 Å². The van der Waals surface area contributed by atoms with Crippen molar-refractivity contribution in [3.05, 3.63) is 34.5 Å². The molecule has 1 heterocycles. The summed E-state index contributed by atoms with van der Waals surface area (Å²) < 4.78 is 3.01. The molecule has 0 bridgehead atoms. The summed E-state index contributed by atoms with van der Waals surface area (Å²) in [4.78, 5) is 12.1. The maximum absolute atomic E-state index is 12.1. The lowest BCUT2D eigenvalue weighted by Gasteiger charge is -2.11. The lowest BCUT2D eigenvalue weighted by Crippen LogP contribution is -2.23. The summed E-state index contributed by atoms with van der Waals surface area (Å²) in [6.45, 7) is 8.66. The SMILES string of the molecule is Bn1ncn(/C(C=C(CC)CC)=C/C(CC)CC)c1=O. The second kappa shape index (κ2) is 7.93. The zero-order chi connectivity index (χ0) is 15.1. The van der Waals surface area contributed by atoms with Crippen LogP contribution in [0, 0.1) is 5.92 Å².